The summed E-state index contributed by atoms with van der Waals surface area (Å²) in [5.74, 6) is -0.283. The molecule has 0 bridgehead atoms. The quantitative estimate of drug-likeness (QED) is 0.883. The Labute approximate surface area is 99.2 Å². The highest BCUT2D eigenvalue weighted by atomic mass is 19.1. The molecule has 2 aromatic rings. The van der Waals surface area contributed by atoms with Crippen LogP contribution in [0.25, 0.3) is 0 Å². The normalized spacial score (nSPS) is 10.3. The molecule has 0 saturated carbocycles. The Bertz CT molecular complexity index is 516. The molecule has 0 spiro atoms. The van der Waals surface area contributed by atoms with E-state index >= 15 is 0 Å². The van der Waals surface area contributed by atoms with Crippen LogP contribution in [-0.2, 0) is 6.61 Å². The maximum absolute atomic E-state index is 13.1. The zero-order valence-corrected chi connectivity index (χ0v) is 9.47. The van der Waals surface area contributed by atoms with E-state index in [4.69, 9.17) is 0 Å². The number of rotatable bonds is 3. The summed E-state index contributed by atoms with van der Waals surface area (Å²) in [5.41, 5.74) is 2.25. The van der Waals surface area contributed by atoms with Gasteiger partial charge in [0.05, 0.1) is 6.61 Å². The SMILES string of the molecule is CN(c1cccc(F)c1)c1ccncc1CO. The number of hydrogen-bond acceptors (Lipinski definition) is 3. The van der Waals surface area contributed by atoms with E-state index in [1.54, 1.807) is 24.5 Å². The summed E-state index contributed by atoms with van der Waals surface area (Å²) in [6.45, 7) is -0.0944. The highest BCUT2D eigenvalue weighted by molar-refractivity contribution is 5.64. The van der Waals surface area contributed by atoms with Gasteiger partial charge in [-0.05, 0) is 24.3 Å². The third-order valence-electron chi connectivity index (χ3n) is 2.61. The van der Waals surface area contributed by atoms with Crippen molar-refractivity contribution in [3.8, 4) is 0 Å². The van der Waals surface area contributed by atoms with Crippen LogP contribution in [0.15, 0.2) is 42.7 Å². The average molecular weight is 232 g/mol. The summed E-state index contributed by atoms with van der Waals surface area (Å²) >= 11 is 0. The first-order valence-corrected chi connectivity index (χ1v) is 5.25. The van der Waals surface area contributed by atoms with E-state index in [2.05, 4.69) is 4.98 Å². The van der Waals surface area contributed by atoms with Gasteiger partial charge in [0, 0.05) is 36.4 Å². The number of aromatic nitrogens is 1. The molecule has 0 aliphatic heterocycles. The van der Waals surface area contributed by atoms with Gasteiger partial charge < -0.3 is 10.0 Å². The van der Waals surface area contributed by atoms with Crippen LogP contribution < -0.4 is 4.90 Å². The van der Waals surface area contributed by atoms with Gasteiger partial charge in [0.15, 0.2) is 0 Å². The Morgan fingerprint density at radius 2 is 2.18 bits per heavy atom. The lowest BCUT2D eigenvalue weighted by Crippen LogP contribution is -2.12. The van der Waals surface area contributed by atoms with Gasteiger partial charge in [-0.25, -0.2) is 4.39 Å². The van der Waals surface area contributed by atoms with Crippen molar-refractivity contribution in [3.05, 3.63) is 54.1 Å². The van der Waals surface area contributed by atoms with Crippen molar-refractivity contribution in [1.29, 1.82) is 0 Å². The summed E-state index contributed by atoms with van der Waals surface area (Å²) in [6, 6.07) is 8.10. The van der Waals surface area contributed by atoms with Crippen LogP contribution in [0.1, 0.15) is 5.56 Å². The van der Waals surface area contributed by atoms with Crippen molar-refractivity contribution >= 4 is 11.4 Å². The van der Waals surface area contributed by atoms with Crippen LogP contribution in [0.3, 0.4) is 0 Å². The second-order valence-electron chi connectivity index (χ2n) is 3.70. The summed E-state index contributed by atoms with van der Waals surface area (Å²) in [4.78, 5) is 5.76. The van der Waals surface area contributed by atoms with Crippen LogP contribution >= 0.6 is 0 Å². The monoisotopic (exact) mass is 232 g/mol. The zero-order chi connectivity index (χ0) is 12.3. The first-order valence-electron chi connectivity index (χ1n) is 5.25. The molecular formula is C13H13FN2O. The fourth-order valence-electron chi connectivity index (χ4n) is 1.69. The third kappa shape index (κ3) is 2.42. The van der Waals surface area contributed by atoms with E-state index in [1.807, 2.05) is 18.0 Å². The lowest BCUT2D eigenvalue weighted by atomic mass is 10.2. The Morgan fingerprint density at radius 3 is 2.88 bits per heavy atom. The van der Waals surface area contributed by atoms with Gasteiger partial charge in [0.25, 0.3) is 0 Å². The van der Waals surface area contributed by atoms with E-state index < -0.39 is 0 Å². The van der Waals surface area contributed by atoms with Gasteiger partial charge in [0.2, 0.25) is 0 Å². The number of benzene rings is 1. The Morgan fingerprint density at radius 1 is 1.35 bits per heavy atom. The highest BCUT2D eigenvalue weighted by Crippen LogP contribution is 2.26. The van der Waals surface area contributed by atoms with Crippen molar-refractivity contribution in [3.63, 3.8) is 0 Å². The van der Waals surface area contributed by atoms with E-state index in [0.717, 1.165) is 11.4 Å². The lowest BCUT2D eigenvalue weighted by molar-refractivity contribution is 0.282. The van der Waals surface area contributed by atoms with E-state index in [9.17, 15) is 9.50 Å². The lowest BCUT2D eigenvalue weighted by Gasteiger charge is -2.21. The fourth-order valence-corrected chi connectivity index (χ4v) is 1.69. The minimum atomic E-state index is -0.283. The second kappa shape index (κ2) is 4.93. The van der Waals surface area contributed by atoms with Crippen LogP contribution in [0.2, 0.25) is 0 Å². The topological polar surface area (TPSA) is 36.4 Å². The molecule has 0 atom stereocenters. The molecule has 1 N–H and O–H groups in total. The molecule has 88 valence electrons. The molecule has 0 unspecified atom stereocenters. The van der Waals surface area contributed by atoms with Crippen LogP contribution in [-0.4, -0.2) is 17.1 Å². The number of halogens is 1. The molecule has 1 heterocycles. The molecule has 1 aromatic heterocycles. The smallest absolute Gasteiger partial charge is 0.125 e. The van der Waals surface area contributed by atoms with Crippen LogP contribution in [0.5, 0.6) is 0 Å². The Hall–Kier alpha value is -1.94. The van der Waals surface area contributed by atoms with Crippen molar-refractivity contribution in [1.82, 2.24) is 4.98 Å². The van der Waals surface area contributed by atoms with E-state index in [-0.39, 0.29) is 12.4 Å². The predicted octanol–water partition coefficient (Wildman–Crippen LogP) is 2.48. The Kier molecular flexibility index (Phi) is 3.35. The molecule has 4 heteroatoms. The average Bonchev–Trinajstić information content (AvgIpc) is 2.38. The Balaban J connectivity index is 2.40. The van der Waals surface area contributed by atoms with E-state index in [0.29, 0.717) is 5.56 Å². The zero-order valence-electron chi connectivity index (χ0n) is 9.47. The summed E-state index contributed by atoms with van der Waals surface area (Å²) in [5, 5.41) is 9.23. The molecule has 2 rings (SSSR count). The first-order chi connectivity index (χ1) is 8.22. The van der Waals surface area contributed by atoms with Gasteiger partial charge in [-0.15, -0.1) is 0 Å². The number of aliphatic hydroxyl groups excluding tert-OH is 1. The summed E-state index contributed by atoms with van der Waals surface area (Å²) in [6.07, 6.45) is 3.25. The predicted molar refractivity (Wildman–Crippen MR) is 64.6 cm³/mol. The summed E-state index contributed by atoms with van der Waals surface area (Å²) in [7, 11) is 1.82. The first kappa shape index (κ1) is 11.5. The van der Waals surface area contributed by atoms with Gasteiger partial charge in [-0.1, -0.05) is 6.07 Å². The maximum atomic E-state index is 13.1. The van der Waals surface area contributed by atoms with Crippen LogP contribution in [0, 0.1) is 5.82 Å². The second-order valence-corrected chi connectivity index (χ2v) is 3.70. The van der Waals surface area contributed by atoms with Crippen molar-refractivity contribution in [2.75, 3.05) is 11.9 Å². The standard InChI is InChI=1S/C13H13FN2O/c1-16(12-4-2-3-11(14)7-12)13-5-6-15-8-10(13)9-17/h2-8,17H,9H2,1H3. The van der Waals surface area contributed by atoms with Gasteiger partial charge in [-0.2, -0.15) is 0 Å². The fraction of sp³-hybridized carbons (Fsp3) is 0.154. The molecule has 0 aliphatic rings. The van der Waals surface area contributed by atoms with Gasteiger partial charge in [-0.3, -0.25) is 4.98 Å². The number of nitrogens with zero attached hydrogens (tertiary/aromatic N) is 2. The van der Waals surface area contributed by atoms with Crippen molar-refractivity contribution in [2.45, 2.75) is 6.61 Å². The molecule has 0 fully saturated rings. The maximum Gasteiger partial charge on any atom is 0.125 e. The van der Waals surface area contributed by atoms with Crippen molar-refractivity contribution in [2.24, 2.45) is 0 Å². The molecule has 0 radical (unpaired) electrons. The van der Waals surface area contributed by atoms with Crippen LogP contribution in [0.4, 0.5) is 15.8 Å². The van der Waals surface area contributed by atoms with Gasteiger partial charge in [0.1, 0.15) is 5.82 Å². The largest absolute Gasteiger partial charge is 0.392 e. The number of anilines is 2. The molecule has 0 aliphatic carbocycles. The molecule has 3 nitrogen and oxygen atoms in total. The third-order valence-corrected chi connectivity index (χ3v) is 2.61. The summed E-state index contributed by atoms with van der Waals surface area (Å²) < 4.78 is 13.1. The van der Waals surface area contributed by atoms with Crippen molar-refractivity contribution < 1.29 is 9.50 Å². The van der Waals surface area contributed by atoms with Gasteiger partial charge >= 0.3 is 0 Å². The molecular weight excluding hydrogens is 219 g/mol. The molecule has 0 amide bonds. The minimum absolute atomic E-state index is 0.0944. The number of pyridine rings is 1. The highest BCUT2D eigenvalue weighted by Gasteiger charge is 2.09. The molecule has 17 heavy (non-hydrogen) atoms. The number of hydrogen-bond donors (Lipinski definition) is 1. The molecule has 1 aromatic carbocycles. The van der Waals surface area contributed by atoms with E-state index in [1.165, 1.54) is 12.1 Å². The minimum Gasteiger partial charge on any atom is -0.392 e. The molecule has 0 saturated heterocycles. The number of aliphatic hydroxyl groups is 1.